The number of aryl methyl sites for hydroxylation is 1. The van der Waals surface area contributed by atoms with Gasteiger partial charge in [0.25, 0.3) is 17.5 Å². The van der Waals surface area contributed by atoms with E-state index in [0.717, 1.165) is 6.07 Å². The molecule has 2 amide bonds. The van der Waals surface area contributed by atoms with Gasteiger partial charge in [-0.1, -0.05) is 0 Å². The van der Waals surface area contributed by atoms with E-state index in [4.69, 9.17) is 9.47 Å². The predicted molar refractivity (Wildman–Crippen MR) is 98.9 cm³/mol. The average molecular weight is 441 g/mol. The first-order valence-electron chi connectivity index (χ1n) is 7.70. The summed E-state index contributed by atoms with van der Waals surface area (Å²) in [4.78, 5) is 35.2. The largest absolute Gasteiger partial charge is 0.493 e. The number of halogens is 1. The summed E-state index contributed by atoms with van der Waals surface area (Å²) in [6.07, 6.45) is 1.67. The number of hydrazine groups is 1. The van der Waals surface area contributed by atoms with Gasteiger partial charge in [-0.05, 0) is 28.9 Å². The molecule has 0 aliphatic carbocycles. The smallest absolute Gasteiger partial charge is 0.286 e. The maximum absolute atomic E-state index is 12.4. The summed E-state index contributed by atoms with van der Waals surface area (Å²) in [5.74, 6) is -1.16. The topological polar surface area (TPSA) is 125 Å². The summed E-state index contributed by atoms with van der Waals surface area (Å²) in [6.45, 7) is 1.99. The molecule has 0 aliphatic rings. The van der Waals surface area contributed by atoms with Crippen LogP contribution in [0.15, 0.2) is 28.9 Å². The summed E-state index contributed by atoms with van der Waals surface area (Å²) in [7, 11) is 2.99. The van der Waals surface area contributed by atoms with Gasteiger partial charge in [0, 0.05) is 23.8 Å². The zero-order valence-corrected chi connectivity index (χ0v) is 16.3. The van der Waals surface area contributed by atoms with Gasteiger partial charge in [0.1, 0.15) is 11.3 Å². The fourth-order valence-electron chi connectivity index (χ4n) is 2.30. The number of nitro groups is 1. The zero-order chi connectivity index (χ0) is 20.1. The van der Waals surface area contributed by atoms with Crippen LogP contribution in [0, 0.1) is 10.1 Å². The highest BCUT2D eigenvalue weighted by Gasteiger charge is 2.25. The van der Waals surface area contributed by atoms with Crippen LogP contribution >= 0.6 is 15.9 Å². The minimum absolute atomic E-state index is 0.123. The van der Waals surface area contributed by atoms with E-state index in [-0.39, 0.29) is 29.4 Å². The van der Waals surface area contributed by atoms with Crippen LogP contribution in [0.25, 0.3) is 0 Å². The van der Waals surface area contributed by atoms with Crippen molar-refractivity contribution in [2.24, 2.45) is 7.05 Å². The molecule has 2 N–H and O–H groups in total. The highest BCUT2D eigenvalue weighted by atomic mass is 79.9. The summed E-state index contributed by atoms with van der Waals surface area (Å²) < 4.78 is 12.6. The van der Waals surface area contributed by atoms with Crippen LogP contribution in [-0.4, -0.2) is 35.0 Å². The number of nitro benzene ring substituents is 1. The van der Waals surface area contributed by atoms with Crippen LogP contribution in [0.1, 0.15) is 27.8 Å². The number of carbonyl (C=O) groups is 2. The Morgan fingerprint density at radius 2 is 1.89 bits per heavy atom. The molecule has 0 aliphatic heterocycles. The van der Waals surface area contributed by atoms with Crippen molar-refractivity contribution in [3.05, 3.63) is 50.2 Å². The summed E-state index contributed by atoms with van der Waals surface area (Å²) in [5.41, 5.74) is 3.91. The van der Waals surface area contributed by atoms with Crippen LogP contribution in [0.4, 0.5) is 5.69 Å². The summed E-state index contributed by atoms with van der Waals surface area (Å²) >= 11 is 3.24. The lowest BCUT2D eigenvalue weighted by atomic mass is 10.1. The third-order valence-electron chi connectivity index (χ3n) is 3.52. The van der Waals surface area contributed by atoms with Crippen molar-refractivity contribution in [1.82, 2.24) is 15.4 Å². The van der Waals surface area contributed by atoms with Gasteiger partial charge in [-0.15, -0.1) is 0 Å². The Morgan fingerprint density at radius 1 is 1.22 bits per heavy atom. The number of ether oxygens (including phenoxy) is 2. The van der Waals surface area contributed by atoms with Gasteiger partial charge < -0.3 is 14.0 Å². The average Bonchev–Trinajstić information content (AvgIpc) is 2.97. The van der Waals surface area contributed by atoms with E-state index < -0.39 is 22.4 Å². The minimum Gasteiger partial charge on any atom is -0.493 e. The summed E-state index contributed by atoms with van der Waals surface area (Å²) in [6, 6.07) is 3.85. The van der Waals surface area contributed by atoms with Gasteiger partial charge in [-0.3, -0.25) is 30.6 Å². The van der Waals surface area contributed by atoms with Crippen LogP contribution in [0.2, 0.25) is 0 Å². The first-order chi connectivity index (χ1) is 12.8. The van der Waals surface area contributed by atoms with Gasteiger partial charge in [0.15, 0.2) is 11.5 Å². The van der Waals surface area contributed by atoms with Gasteiger partial charge >= 0.3 is 0 Å². The molecule has 10 nitrogen and oxygen atoms in total. The first-order valence-corrected chi connectivity index (χ1v) is 8.49. The molecule has 0 saturated carbocycles. The van der Waals surface area contributed by atoms with Crippen molar-refractivity contribution < 1.29 is 24.0 Å². The quantitative estimate of drug-likeness (QED) is 0.523. The van der Waals surface area contributed by atoms with E-state index in [2.05, 4.69) is 26.8 Å². The standard InChI is InChI=1S/C16H17BrN4O6/c1-4-27-14-6-10(11(21(24)25)7-13(14)26-3)15(22)18-19-16(23)12-5-9(17)8-20(12)2/h5-8H,4H2,1-3H3,(H,18,22)(H,19,23). The van der Waals surface area contributed by atoms with E-state index in [1.807, 2.05) is 0 Å². The number of nitrogens with zero attached hydrogens (tertiary/aromatic N) is 2. The van der Waals surface area contributed by atoms with Gasteiger partial charge in [-0.25, -0.2) is 0 Å². The second-order valence-corrected chi connectivity index (χ2v) is 6.19. The fourth-order valence-corrected chi connectivity index (χ4v) is 2.83. The molecule has 1 heterocycles. The third-order valence-corrected chi connectivity index (χ3v) is 3.95. The van der Waals surface area contributed by atoms with Gasteiger partial charge in [-0.2, -0.15) is 0 Å². The Morgan fingerprint density at radius 3 is 2.41 bits per heavy atom. The lowest BCUT2D eigenvalue weighted by molar-refractivity contribution is -0.385. The number of hydrogen-bond donors (Lipinski definition) is 2. The molecule has 0 spiro atoms. The molecule has 0 fully saturated rings. The van der Waals surface area contributed by atoms with E-state index in [1.54, 1.807) is 30.8 Å². The summed E-state index contributed by atoms with van der Waals surface area (Å²) in [5, 5.41) is 11.3. The second kappa shape index (κ2) is 8.54. The number of methoxy groups -OCH3 is 1. The third kappa shape index (κ3) is 4.56. The lowest BCUT2D eigenvalue weighted by Gasteiger charge is -2.12. The van der Waals surface area contributed by atoms with E-state index >= 15 is 0 Å². The van der Waals surface area contributed by atoms with Crippen LogP contribution < -0.4 is 20.3 Å². The van der Waals surface area contributed by atoms with Crippen LogP contribution in [-0.2, 0) is 7.05 Å². The zero-order valence-electron chi connectivity index (χ0n) is 14.7. The van der Waals surface area contributed by atoms with Crippen LogP contribution in [0.5, 0.6) is 11.5 Å². The monoisotopic (exact) mass is 440 g/mol. The molecule has 27 heavy (non-hydrogen) atoms. The Labute approximate surface area is 162 Å². The van der Waals surface area contributed by atoms with Crippen molar-refractivity contribution in [1.29, 1.82) is 0 Å². The number of hydrogen-bond acceptors (Lipinski definition) is 6. The number of carbonyl (C=O) groups excluding carboxylic acids is 2. The van der Waals surface area contributed by atoms with Crippen molar-refractivity contribution >= 4 is 33.4 Å². The van der Waals surface area contributed by atoms with Crippen LogP contribution in [0.3, 0.4) is 0 Å². The molecule has 2 aromatic rings. The molecule has 0 bridgehead atoms. The van der Waals surface area contributed by atoms with Gasteiger partial charge in [0.05, 0.1) is 24.7 Å². The number of aromatic nitrogens is 1. The van der Waals surface area contributed by atoms with Crippen molar-refractivity contribution in [3.63, 3.8) is 0 Å². The molecule has 0 atom stereocenters. The Hall–Kier alpha value is -3.08. The van der Waals surface area contributed by atoms with E-state index in [1.165, 1.54) is 13.2 Å². The predicted octanol–water partition coefficient (Wildman–Crippen LogP) is 2.18. The molecule has 1 aromatic heterocycles. The Kier molecular flexibility index (Phi) is 6.40. The molecular formula is C16H17BrN4O6. The minimum atomic E-state index is -0.869. The lowest BCUT2D eigenvalue weighted by Crippen LogP contribution is -2.42. The first kappa shape index (κ1) is 20.2. The van der Waals surface area contributed by atoms with E-state index in [9.17, 15) is 19.7 Å². The second-order valence-electron chi connectivity index (χ2n) is 5.27. The molecule has 1 aromatic carbocycles. The normalized spacial score (nSPS) is 10.2. The Bertz CT molecular complexity index is 895. The highest BCUT2D eigenvalue weighted by molar-refractivity contribution is 9.10. The number of nitrogens with one attached hydrogen (secondary N) is 2. The number of rotatable bonds is 6. The fraction of sp³-hybridized carbons (Fsp3) is 0.250. The maximum Gasteiger partial charge on any atom is 0.286 e. The van der Waals surface area contributed by atoms with Crippen molar-refractivity contribution in [2.45, 2.75) is 6.92 Å². The molecule has 11 heteroatoms. The molecular weight excluding hydrogens is 424 g/mol. The molecule has 0 saturated heterocycles. The molecule has 144 valence electrons. The molecule has 0 unspecified atom stereocenters. The SMILES string of the molecule is CCOc1cc(C(=O)NNC(=O)c2cc(Br)cn2C)c([N+](=O)[O-])cc1OC. The van der Waals surface area contributed by atoms with Gasteiger partial charge in [0.2, 0.25) is 0 Å². The molecule has 2 rings (SSSR count). The molecule has 0 radical (unpaired) electrons. The Balaban J connectivity index is 2.26. The van der Waals surface area contributed by atoms with E-state index in [0.29, 0.717) is 4.47 Å². The van der Waals surface area contributed by atoms with Crippen molar-refractivity contribution in [3.8, 4) is 11.5 Å². The number of benzene rings is 1. The number of amides is 2. The highest BCUT2D eigenvalue weighted by Crippen LogP contribution is 2.34. The maximum atomic E-state index is 12.4. The van der Waals surface area contributed by atoms with Crippen molar-refractivity contribution in [2.75, 3.05) is 13.7 Å².